The molecule has 0 unspecified atom stereocenters. The highest BCUT2D eigenvalue weighted by Crippen LogP contribution is 2.43. The van der Waals surface area contributed by atoms with Gasteiger partial charge in [-0.3, -0.25) is 9.48 Å². The highest BCUT2D eigenvalue weighted by atomic mass is 19.1. The van der Waals surface area contributed by atoms with Crippen molar-refractivity contribution in [3.63, 3.8) is 0 Å². The zero-order chi connectivity index (χ0) is 20.2. The molecule has 7 heteroatoms. The first-order valence-electron chi connectivity index (χ1n) is 10.1. The number of hydrogen-bond acceptors (Lipinski definition) is 4. The third kappa shape index (κ3) is 2.83. The lowest BCUT2D eigenvalue weighted by molar-refractivity contribution is -0.119. The fraction of sp³-hybridized carbons (Fsp3) is 0.409. The van der Waals surface area contributed by atoms with Crippen LogP contribution < -0.4 is 10.6 Å². The number of alkyl halides is 1. The Morgan fingerprint density at radius 1 is 1.17 bits per heavy atom. The molecule has 150 valence electrons. The molecule has 0 aliphatic carbocycles. The number of halogens is 1. The van der Waals surface area contributed by atoms with E-state index in [1.807, 2.05) is 44.2 Å². The second-order valence-corrected chi connectivity index (χ2v) is 8.59. The molecule has 2 aromatic heterocycles. The topological polar surface area (TPSA) is 71.8 Å². The van der Waals surface area contributed by atoms with E-state index in [2.05, 4.69) is 15.6 Å². The lowest BCUT2D eigenvalue weighted by Gasteiger charge is -2.30. The lowest BCUT2D eigenvalue weighted by atomic mass is 9.83. The molecule has 2 aliphatic heterocycles. The van der Waals surface area contributed by atoms with Crippen LogP contribution in [0.3, 0.4) is 0 Å². The molecule has 5 rings (SSSR count). The Bertz CT molecular complexity index is 1110. The van der Waals surface area contributed by atoms with E-state index < -0.39 is 11.1 Å². The van der Waals surface area contributed by atoms with E-state index in [4.69, 9.17) is 5.10 Å². The van der Waals surface area contributed by atoms with E-state index in [9.17, 15) is 4.79 Å². The maximum Gasteiger partial charge on any atom is 0.235 e. The molecule has 0 radical (unpaired) electrons. The summed E-state index contributed by atoms with van der Waals surface area (Å²) in [6, 6.07) is 9.79. The Labute approximate surface area is 168 Å². The first-order chi connectivity index (χ1) is 13.9. The monoisotopic (exact) mass is 393 g/mol. The number of hydrogen-bond donors (Lipinski definition) is 2. The number of rotatable bonds is 3. The van der Waals surface area contributed by atoms with Crippen molar-refractivity contribution in [3.05, 3.63) is 42.1 Å². The van der Waals surface area contributed by atoms with Gasteiger partial charge < -0.3 is 10.6 Å². The molecule has 0 spiro atoms. The molecule has 0 saturated carbocycles. The predicted octanol–water partition coefficient (Wildman–Crippen LogP) is 3.42. The van der Waals surface area contributed by atoms with Crippen LogP contribution in [0.5, 0.6) is 0 Å². The lowest BCUT2D eigenvalue weighted by Crippen LogP contribution is -2.41. The number of carbonyl (C=O) groups excluding carboxylic acids is 1. The van der Waals surface area contributed by atoms with E-state index >= 15 is 4.39 Å². The van der Waals surface area contributed by atoms with Crippen molar-refractivity contribution < 1.29 is 9.18 Å². The minimum Gasteiger partial charge on any atom is -0.316 e. The third-order valence-corrected chi connectivity index (χ3v) is 6.22. The number of aromatic nitrogens is 3. The molecule has 2 N–H and O–H groups in total. The summed E-state index contributed by atoms with van der Waals surface area (Å²) >= 11 is 0. The van der Waals surface area contributed by atoms with Crippen LogP contribution >= 0.6 is 0 Å². The largest absolute Gasteiger partial charge is 0.316 e. The molecule has 2 aliphatic rings. The normalized spacial score (nSPS) is 19.9. The summed E-state index contributed by atoms with van der Waals surface area (Å²) in [6.07, 6.45) is 2.65. The number of anilines is 1. The summed E-state index contributed by atoms with van der Waals surface area (Å²) in [7, 11) is 0. The SMILES string of the molecule is CC1(C)C(=O)Nc2nccc(-c3nn(CC4(F)CCNCC4)c4ccccc34)c21. The highest BCUT2D eigenvalue weighted by molar-refractivity contribution is 6.08. The molecule has 1 aromatic carbocycles. The van der Waals surface area contributed by atoms with Gasteiger partial charge in [-0.25, -0.2) is 9.37 Å². The standard InChI is InChI=1S/C22H24FN5O/c1-21(2)17-15(7-10-25-19(17)26-20(21)29)18-14-5-3-4-6-16(14)28(27-18)13-22(23)8-11-24-12-9-22/h3-7,10,24H,8-9,11-13H2,1-2H3,(H,25,26,29). The Kier molecular flexibility index (Phi) is 4.00. The number of fused-ring (bicyclic) bond motifs is 2. The zero-order valence-corrected chi connectivity index (χ0v) is 16.6. The van der Waals surface area contributed by atoms with Crippen molar-refractivity contribution in [2.75, 3.05) is 18.4 Å². The van der Waals surface area contributed by atoms with Crippen LogP contribution in [0.15, 0.2) is 36.5 Å². The molecule has 1 amide bonds. The van der Waals surface area contributed by atoms with Gasteiger partial charge in [0.1, 0.15) is 17.2 Å². The van der Waals surface area contributed by atoms with Gasteiger partial charge in [-0.15, -0.1) is 0 Å². The Hall–Kier alpha value is -2.80. The molecule has 1 saturated heterocycles. The molecule has 6 nitrogen and oxygen atoms in total. The van der Waals surface area contributed by atoms with Crippen LogP contribution in [0.4, 0.5) is 10.2 Å². The van der Waals surface area contributed by atoms with Gasteiger partial charge in [-0.2, -0.15) is 5.10 Å². The zero-order valence-electron chi connectivity index (χ0n) is 16.6. The third-order valence-electron chi connectivity index (χ3n) is 6.22. The van der Waals surface area contributed by atoms with Crippen molar-refractivity contribution in [3.8, 4) is 11.3 Å². The molecule has 1 fully saturated rings. The number of pyridine rings is 1. The van der Waals surface area contributed by atoms with Crippen molar-refractivity contribution in [1.29, 1.82) is 0 Å². The summed E-state index contributed by atoms with van der Waals surface area (Å²) in [4.78, 5) is 16.8. The van der Waals surface area contributed by atoms with Gasteiger partial charge in [0, 0.05) is 22.7 Å². The number of amides is 1. The van der Waals surface area contributed by atoms with Gasteiger partial charge in [0.2, 0.25) is 5.91 Å². The smallest absolute Gasteiger partial charge is 0.235 e. The fourth-order valence-corrected chi connectivity index (χ4v) is 4.51. The predicted molar refractivity (Wildman–Crippen MR) is 111 cm³/mol. The van der Waals surface area contributed by atoms with E-state index in [0.717, 1.165) is 27.7 Å². The van der Waals surface area contributed by atoms with Gasteiger partial charge in [-0.1, -0.05) is 18.2 Å². The van der Waals surface area contributed by atoms with Crippen molar-refractivity contribution >= 4 is 22.6 Å². The molecule has 0 atom stereocenters. The van der Waals surface area contributed by atoms with Gasteiger partial charge in [0.15, 0.2) is 0 Å². The van der Waals surface area contributed by atoms with Crippen LogP contribution in [0.2, 0.25) is 0 Å². The number of nitrogens with one attached hydrogen (secondary N) is 2. The Morgan fingerprint density at radius 2 is 1.93 bits per heavy atom. The minimum absolute atomic E-state index is 0.0754. The maximum absolute atomic E-state index is 15.4. The number of piperidine rings is 1. The number of nitrogens with zero attached hydrogens (tertiary/aromatic N) is 3. The summed E-state index contributed by atoms with van der Waals surface area (Å²) in [6.45, 7) is 5.38. The Balaban J connectivity index is 1.67. The van der Waals surface area contributed by atoms with E-state index in [0.29, 0.717) is 31.7 Å². The van der Waals surface area contributed by atoms with Gasteiger partial charge in [0.05, 0.1) is 17.5 Å². The number of carbonyl (C=O) groups is 1. The maximum atomic E-state index is 15.4. The summed E-state index contributed by atoms with van der Waals surface area (Å²) < 4.78 is 17.2. The summed E-state index contributed by atoms with van der Waals surface area (Å²) in [5.41, 5.74) is 1.40. The highest BCUT2D eigenvalue weighted by Gasteiger charge is 2.42. The van der Waals surface area contributed by atoms with E-state index in [1.54, 1.807) is 10.9 Å². The first-order valence-corrected chi connectivity index (χ1v) is 10.1. The van der Waals surface area contributed by atoms with Gasteiger partial charge >= 0.3 is 0 Å². The van der Waals surface area contributed by atoms with E-state index in [-0.39, 0.29) is 12.5 Å². The molecule has 0 bridgehead atoms. The summed E-state index contributed by atoms with van der Waals surface area (Å²) in [5, 5.41) is 11.9. The number of benzene rings is 1. The van der Waals surface area contributed by atoms with Gasteiger partial charge in [0.25, 0.3) is 0 Å². The summed E-state index contributed by atoms with van der Waals surface area (Å²) in [5.74, 6) is 0.505. The second kappa shape index (κ2) is 6.35. The van der Waals surface area contributed by atoms with Crippen LogP contribution in [-0.2, 0) is 16.8 Å². The average molecular weight is 393 g/mol. The minimum atomic E-state index is -1.27. The quantitative estimate of drug-likeness (QED) is 0.715. The molecular weight excluding hydrogens is 369 g/mol. The first kappa shape index (κ1) is 18.2. The van der Waals surface area contributed by atoms with Crippen LogP contribution in [0, 0.1) is 0 Å². The number of para-hydroxylation sites is 1. The van der Waals surface area contributed by atoms with Crippen molar-refractivity contribution in [1.82, 2.24) is 20.1 Å². The van der Waals surface area contributed by atoms with E-state index in [1.165, 1.54) is 0 Å². The van der Waals surface area contributed by atoms with Crippen molar-refractivity contribution in [2.45, 2.75) is 44.3 Å². The Morgan fingerprint density at radius 3 is 2.72 bits per heavy atom. The van der Waals surface area contributed by atoms with Crippen LogP contribution in [-0.4, -0.2) is 39.4 Å². The molecule has 4 heterocycles. The molecule has 29 heavy (non-hydrogen) atoms. The van der Waals surface area contributed by atoms with Crippen LogP contribution in [0.1, 0.15) is 32.3 Å². The average Bonchev–Trinajstić information content (AvgIpc) is 3.17. The fourth-order valence-electron chi connectivity index (χ4n) is 4.51. The van der Waals surface area contributed by atoms with Crippen molar-refractivity contribution in [2.24, 2.45) is 0 Å². The van der Waals surface area contributed by atoms with Crippen LogP contribution in [0.25, 0.3) is 22.2 Å². The molecule has 3 aromatic rings. The molecular formula is C22H24FN5O. The second-order valence-electron chi connectivity index (χ2n) is 8.59. The van der Waals surface area contributed by atoms with Gasteiger partial charge in [-0.05, 0) is 51.9 Å².